The summed E-state index contributed by atoms with van der Waals surface area (Å²) >= 11 is 6.44. The summed E-state index contributed by atoms with van der Waals surface area (Å²) in [6.45, 7) is 7.55. The molecule has 0 fully saturated rings. The van der Waals surface area contributed by atoms with Crippen molar-refractivity contribution in [3.63, 3.8) is 0 Å². The van der Waals surface area contributed by atoms with Crippen LogP contribution in [-0.2, 0) is 0 Å². The van der Waals surface area contributed by atoms with Gasteiger partial charge in [0.15, 0.2) is 0 Å². The molecular weight excluding hydrogens is 444 g/mol. The second kappa shape index (κ2) is 9.76. The molecule has 0 spiro atoms. The third-order valence-corrected chi connectivity index (χ3v) is 5.93. The molecule has 2 aromatic rings. The van der Waals surface area contributed by atoms with Gasteiger partial charge in [-0.05, 0) is 42.2 Å². The van der Waals surface area contributed by atoms with E-state index < -0.39 is 0 Å². The lowest BCUT2D eigenvalue weighted by atomic mass is 10.0. The van der Waals surface area contributed by atoms with Crippen LogP contribution >= 0.6 is 20.8 Å². The molecule has 2 aliphatic heterocycles. The average molecular weight is 470 g/mol. The molecule has 8 heteroatoms. The minimum absolute atomic E-state index is 0.313. The Morgan fingerprint density at radius 2 is 2.16 bits per heavy atom. The molecule has 2 atom stereocenters. The van der Waals surface area contributed by atoms with Gasteiger partial charge in [-0.2, -0.15) is 0 Å². The van der Waals surface area contributed by atoms with Gasteiger partial charge < -0.3 is 21.3 Å². The van der Waals surface area contributed by atoms with Crippen molar-refractivity contribution in [2.75, 3.05) is 18.4 Å². The molecule has 0 saturated carbocycles. The number of nitrogens with one attached hydrogen (secondary N) is 4. The van der Waals surface area contributed by atoms with Crippen molar-refractivity contribution in [3.05, 3.63) is 88.5 Å². The van der Waals surface area contributed by atoms with Crippen LogP contribution in [0.1, 0.15) is 30.6 Å². The number of hydrogen-bond donors (Lipinski definition) is 4. The summed E-state index contributed by atoms with van der Waals surface area (Å²) in [6, 6.07) is 11.0. The fraction of sp³-hybridized carbons (Fsp3) is 0.208. The number of halogens is 2. The topological polar surface area (TPSA) is 60.5 Å². The molecule has 5 nitrogen and oxygen atoms in total. The van der Waals surface area contributed by atoms with Crippen molar-refractivity contribution in [1.82, 2.24) is 16.0 Å². The van der Waals surface area contributed by atoms with E-state index in [1.165, 1.54) is 6.07 Å². The van der Waals surface area contributed by atoms with Gasteiger partial charge in [-0.1, -0.05) is 43.3 Å². The van der Waals surface area contributed by atoms with Gasteiger partial charge in [-0.25, -0.2) is 9.38 Å². The zero-order chi connectivity index (χ0) is 22.7. The van der Waals surface area contributed by atoms with Crippen LogP contribution in [0.25, 0.3) is 5.70 Å². The smallest absolute Gasteiger partial charge is 0.148 e. The van der Waals surface area contributed by atoms with Crippen LogP contribution in [0.4, 0.5) is 10.1 Å². The van der Waals surface area contributed by atoms with Crippen LogP contribution in [0.15, 0.2) is 71.5 Å². The number of nitrogens with zero attached hydrogens (tertiary/aromatic N) is 1. The Morgan fingerprint density at radius 3 is 2.94 bits per heavy atom. The molecule has 4 rings (SSSR count). The average Bonchev–Trinajstić information content (AvgIpc) is 2.78. The molecule has 2 unspecified atom stereocenters. The first-order chi connectivity index (χ1) is 15.5. The van der Waals surface area contributed by atoms with Crippen LogP contribution in [-0.4, -0.2) is 18.9 Å². The predicted octanol–water partition coefficient (Wildman–Crippen LogP) is 4.43. The normalized spacial score (nSPS) is 17.1. The second-order valence-electron chi connectivity index (χ2n) is 7.61. The maximum atomic E-state index is 14.7. The van der Waals surface area contributed by atoms with E-state index in [1.54, 1.807) is 0 Å². The molecule has 2 aromatic carbocycles. The molecule has 0 bridgehead atoms. The van der Waals surface area contributed by atoms with Crippen molar-refractivity contribution in [2.24, 2.45) is 4.99 Å². The first-order valence-electron chi connectivity index (χ1n) is 10.5. The van der Waals surface area contributed by atoms with Gasteiger partial charge in [0.2, 0.25) is 0 Å². The third-order valence-electron chi connectivity index (χ3n) is 5.25. The molecule has 0 amide bonds. The van der Waals surface area contributed by atoms with Crippen molar-refractivity contribution in [3.8, 4) is 0 Å². The molecule has 0 radical (unpaired) electrons. The lowest BCUT2D eigenvalue weighted by Gasteiger charge is -2.30. The molecule has 2 aliphatic rings. The van der Waals surface area contributed by atoms with E-state index in [-0.39, 0.29) is 12.0 Å². The molecule has 166 valence electrons. The Hall–Kier alpha value is -2.82. The monoisotopic (exact) mass is 469 g/mol. The lowest BCUT2D eigenvalue weighted by Crippen LogP contribution is -2.39. The zero-order valence-electron chi connectivity index (χ0n) is 17.8. The molecule has 2 heterocycles. The minimum Gasteiger partial charge on any atom is -0.385 e. The van der Waals surface area contributed by atoms with E-state index in [4.69, 9.17) is 16.6 Å². The van der Waals surface area contributed by atoms with Crippen molar-refractivity contribution in [1.29, 1.82) is 0 Å². The maximum absolute atomic E-state index is 14.7. The minimum atomic E-state index is -0.353. The van der Waals surface area contributed by atoms with E-state index in [9.17, 15) is 4.39 Å². The quantitative estimate of drug-likeness (QED) is 0.473. The van der Waals surface area contributed by atoms with Gasteiger partial charge in [-0.3, -0.25) is 0 Å². The van der Waals surface area contributed by atoms with Crippen molar-refractivity contribution >= 4 is 43.4 Å². The maximum Gasteiger partial charge on any atom is 0.148 e. The summed E-state index contributed by atoms with van der Waals surface area (Å²) in [7, 11) is 2.55. The number of benzene rings is 2. The summed E-state index contributed by atoms with van der Waals surface area (Å²) in [5.41, 5.74) is 4.46. The third kappa shape index (κ3) is 4.67. The van der Waals surface area contributed by atoms with Crippen LogP contribution in [0.3, 0.4) is 0 Å². The van der Waals surface area contributed by atoms with Crippen LogP contribution in [0.2, 0.25) is 5.02 Å². The van der Waals surface area contributed by atoms with Crippen molar-refractivity contribution in [2.45, 2.75) is 19.5 Å². The number of hydrogen-bond acceptors (Lipinski definition) is 5. The van der Waals surface area contributed by atoms with Gasteiger partial charge >= 0.3 is 0 Å². The number of amidine groups is 1. The molecule has 4 N–H and O–H groups in total. The van der Waals surface area contributed by atoms with Crippen LogP contribution in [0.5, 0.6) is 0 Å². The Labute approximate surface area is 195 Å². The summed E-state index contributed by atoms with van der Waals surface area (Å²) in [5.74, 6) is 0.342. The van der Waals surface area contributed by atoms with Crippen molar-refractivity contribution < 1.29 is 4.39 Å². The predicted molar refractivity (Wildman–Crippen MR) is 136 cm³/mol. The van der Waals surface area contributed by atoms with Gasteiger partial charge in [0.05, 0.1) is 12.2 Å². The highest BCUT2D eigenvalue weighted by Crippen LogP contribution is 2.30. The summed E-state index contributed by atoms with van der Waals surface area (Å²) < 4.78 is 14.7. The Morgan fingerprint density at radius 1 is 1.34 bits per heavy atom. The van der Waals surface area contributed by atoms with E-state index in [0.717, 1.165) is 28.6 Å². The highest BCUT2D eigenvalue weighted by molar-refractivity contribution is 7.27. The highest BCUT2D eigenvalue weighted by Gasteiger charge is 2.26. The molecule has 0 saturated heterocycles. The SMILES string of the molecule is C=C(NC1=NC(c2ccccc2Cl)NC2=C1C=CNC2)c1cc(P)cc(F)c1NCCC. The van der Waals surface area contributed by atoms with Crippen LogP contribution in [0, 0.1) is 5.82 Å². The fourth-order valence-electron chi connectivity index (χ4n) is 3.69. The number of anilines is 1. The Bertz CT molecular complexity index is 1140. The fourth-order valence-corrected chi connectivity index (χ4v) is 4.25. The van der Waals surface area contributed by atoms with Gasteiger partial charge in [0.25, 0.3) is 0 Å². The number of rotatable bonds is 6. The van der Waals surface area contributed by atoms with Gasteiger partial charge in [0.1, 0.15) is 17.8 Å². The standard InChI is InChI=1S/C24H26ClFN5P/c1-3-9-28-22-18(11-15(32)12-20(22)26)14(2)29-24-17-8-10-27-13-21(17)30-23(31-24)16-6-4-5-7-19(16)25/h4-8,10-12,23,27-28,30H,2-3,9,13,32H2,1H3,(H,29,31). The summed E-state index contributed by atoms with van der Waals surface area (Å²) in [5, 5.41) is 14.6. The molecular formula is C24H26ClFN5P. The molecule has 0 aromatic heterocycles. The van der Waals surface area contributed by atoms with E-state index in [0.29, 0.717) is 40.9 Å². The Kier molecular flexibility index (Phi) is 6.83. The van der Waals surface area contributed by atoms with E-state index in [2.05, 4.69) is 37.1 Å². The van der Waals surface area contributed by atoms with E-state index >= 15 is 0 Å². The van der Waals surface area contributed by atoms with E-state index in [1.807, 2.05) is 49.5 Å². The lowest BCUT2D eigenvalue weighted by molar-refractivity contribution is 0.590. The molecule has 0 aliphatic carbocycles. The molecule has 32 heavy (non-hydrogen) atoms. The highest BCUT2D eigenvalue weighted by atomic mass is 35.5. The first kappa shape index (κ1) is 22.4. The Balaban J connectivity index is 1.70. The second-order valence-corrected chi connectivity index (χ2v) is 8.68. The summed E-state index contributed by atoms with van der Waals surface area (Å²) in [6.07, 6.45) is 4.37. The first-order valence-corrected chi connectivity index (χ1v) is 11.4. The summed E-state index contributed by atoms with van der Waals surface area (Å²) in [4.78, 5) is 4.89. The van der Waals surface area contributed by atoms with Gasteiger partial charge in [-0.15, -0.1) is 9.24 Å². The zero-order valence-corrected chi connectivity index (χ0v) is 19.7. The number of aliphatic imine (C=N–C) groups is 1. The van der Waals surface area contributed by atoms with Gasteiger partial charge in [0, 0.05) is 39.7 Å². The van der Waals surface area contributed by atoms with Crippen LogP contribution < -0.4 is 26.6 Å². The number of dihydropyridines is 1. The largest absolute Gasteiger partial charge is 0.385 e.